The number of phenols is 1. The van der Waals surface area contributed by atoms with Crippen molar-refractivity contribution in [2.75, 3.05) is 9.80 Å². The maximum atomic E-state index is 12.0. The van der Waals surface area contributed by atoms with E-state index < -0.39 is 0 Å². The molecule has 5 heteroatoms. The highest BCUT2D eigenvalue weighted by atomic mass is 16.3. The summed E-state index contributed by atoms with van der Waals surface area (Å²) in [5.41, 5.74) is 17.9. The Morgan fingerprint density at radius 2 is 0.815 bits per heavy atom. The second kappa shape index (κ2) is 20.7. The smallest absolute Gasteiger partial charge is 0.159 e. The Morgan fingerprint density at radius 1 is 0.321 bits per heavy atom. The summed E-state index contributed by atoms with van der Waals surface area (Å²) in [6.45, 7) is 0. The molecule has 0 radical (unpaired) electrons. The first-order valence-corrected chi connectivity index (χ1v) is 29.3. The van der Waals surface area contributed by atoms with Gasteiger partial charge in [-0.15, -0.1) is 0 Å². The van der Waals surface area contributed by atoms with Crippen LogP contribution in [0.1, 0.15) is 87.2 Å². The van der Waals surface area contributed by atoms with Crippen molar-refractivity contribution in [1.29, 1.82) is 0 Å². The van der Waals surface area contributed by atoms with Gasteiger partial charge in [-0.3, -0.25) is 0 Å². The van der Waals surface area contributed by atoms with Crippen LogP contribution >= 0.6 is 0 Å². The van der Waals surface area contributed by atoms with Gasteiger partial charge in [0.05, 0.1) is 17.1 Å². The van der Waals surface area contributed by atoms with E-state index in [0.29, 0.717) is 11.8 Å². The summed E-state index contributed by atoms with van der Waals surface area (Å²) >= 11 is 0. The molecule has 11 aromatic carbocycles. The van der Waals surface area contributed by atoms with Crippen LogP contribution in [0.4, 0.5) is 34.1 Å². The van der Waals surface area contributed by atoms with Crippen molar-refractivity contribution in [3.63, 3.8) is 0 Å². The van der Waals surface area contributed by atoms with E-state index in [1.54, 1.807) is 0 Å². The third-order valence-corrected chi connectivity index (χ3v) is 17.8. The van der Waals surface area contributed by atoms with E-state index in [1.165, 1.54) is 75.3 Å². The molecule has 0 saturated heterocycles. The number of fused-ring (bicyclic) bond motifs is 8. The molecule has 394 valence electrons. The van der Waals surface area contributed by atoms with E-state index in [4.69, 9.17) is 8.83 Å². The minimum Gasteiger partial charge on any atom is -0.507 e. The monoisotopic (exact) mass is 1050 g/mol. The molecule has 0 amide bonds. The van der Waals surface area contributed by atoms with Crippen LogP contribution in [0.15, 0.2) is 245 Å². The average molecular weight is 1050 g/mol. The van der Waals surface area contributed by atoms with Gasteiger partial charge >= 0.3 is 0 Å². The number of furan rings is 2. The Morgan fingerprint density at radius 3 is 1.48 bits per heavy atom. The molecule has 2 aromatic heterocycles. The summed E-state index contributed by atoms with van der Waals surface area (Å²) in [6, 6.07) is 84.7. The van der Waals surface area contributed by atoms with Gasteiger partial charge in [0, 0.05) is 72.8 Å². The van der Waals surface area contributed by atoms with Gasteiger partial charge in [-0.1, -0.05) is 208 Å². The standard InChI is InChI=1S/C76H62N2O3/c79-74-61(54-23-9-3-10-24-54)31-16-32-62(74)56-27-15-28-59(47-56)78(58-43-39-53(40-44-58)51-21-7-2-8-22-51)70-49-72-73(65-30-14-13-29-64(65)70)68-46-45-60(48-71(68)80-72)77(57-41-37-52(38-42-57)50-19-5-1-6-20-50)69-36-18-35-67-66-34-17-33-63(75(66)81-76(67)69)55-25-11-4-12-26-55/h3-4,9-18,23-51,79H,1-2,5-8,19-22H2. The van der Waals surface area contributed by atoms with Crippen LogP contribution in [0.3, 0.4) is 0 Å². The fourth-order valence-corrected chi connectivity index (χ4v) is 13.7. The van der Waals surface area contributed by atoms with E-state index in [-0.39, 0.29) is 5.75 Å². The summed E-state index contributed by atoms with van der Waals surface area (Å²) in [5, 5.41) is 18.5. The molecule has 81 heavy (non-hydrogen) atoms. The van der Waals surface area contributed by atoms with E-state index in [1.807, 2.05) is 48.5 Å². The first-order chi connectivity index (χ1) is 40.1. The van der Waals surface area contributed by atoms with E-state index in [9.17, 15) is 5.11 Å². The second-order valence-corrected chi connectivity index (χ2v) is 22.5. The number of hydrogen-bond donors (Lipinski definition) is 1. The number of phenolic OH excluding ortho intramolecular Hbond substituents is 1. The largest absolute Gasteiger partial charge is 0.507 e. The molecule has 2 fully saturated rings. The fraction of sp³-hybridized carbons (Fsp3) is 0.158. The predicted molar refractivity (Wildman–Crippen MR) is 337 cm³/mol. The zero-order valence-corrected chi connectivity index (χ0v) is 45.4. The van der Waals surface area contributed by atoms with Crippen LogP contribution in [-0.4, -0.2) is 5.11 Å². The minimum absolute atomic E-state index is 0.263. The number of benzene rings is 11. The van der Waals surface area contributed by atoms with Crippen LogP contribution in [0.2, 0.25) is 0 Å². The van der Waals surface area contributed by atoms with Crippen LogP contribution in [0.25, 0.3) is 88.0 Å². The number of hydrogen-bond acceptors (Lipinski definition) is 5. The maximum absolute atomic E-state index is 12.0. The van der Waals surface area contributed by atoms with Crippen molar-refractivity contribution < 1.29 is 13.9 Å². The van der Waals surface area contributed by atoms with Gasteiger partial charge in [0.2, 0.25) is 0 Å². The van der Waals surface area contributed by atoms with E-state index >= 15 is 0 Å². The number of nitrogens with zero attached hydrogens (tertiary/aromatic N) is 2. The molecule has 5 nitrogen and oxygen atoms in total. The van der Waals surface area contributed by atoms with Crippen LogP contribution in [0.5, 0.6) is 5.75 Å². The third-order valence-electron chi connectivity index (χ3n) is 17.8. The molecule has 1 N–H and O–H groups in total. The fourth-order valence-electron chi connectivity index (χ4n) is 13.7. The van der Waals surface area contributed by atoms with Crippen molar-refractivity contribution in [3.8, 4) is 39.1 Å². The van der Waals surface area contributed by atoms with E-state index in [0.717, 1.165) is 122 Å². The topological polar surface area (TPSA) is 53.0 Å². The summed E-state index contributed by atoms with van der Waals surface area (Å²) in [5.74, 6) is 1.44. The zero-order valence-electron chi connectivity index (χ0n) is 45.4. The summed E-state index contributed by atoms with van der Waals surface area (Å²) < 4.78 is 14.4. The van der Waals surface area contributed by atoms with Crippen molar-refractivity contribution >= 4 is 88.8 Å². The van der Waals surface area contributed by atoms with Crippen LogP contribution < -0.4 is 9.80 Å². The number of anilines is 6. The van der Waals surface area contributed by atoms with Crippen molar-refractivity contribution in [1.82, 2.24) is 0 Å². The second-order valence-electron chi connectivity index (χ2n) is 22.5. The molecule has 2 saturated carbocycles. The highest BCUT2D eigenvalue weighted by Gasteiger charge is 2.26. The van der Waals surface area contributed by atoms with E-state index in [2.05, 4.69) is 198 Å². The quantitative estimate of drug-likeness (QED) is 0.140. The highest BCUT2D eigenvalue weighted by Crippen LogP contribution is 2.50. The lowest BCUT2D eigenvalue weighted by Gasteiger charge is -2.28. The van der Waals surface area contributed by atoms with Crippen molar-refractivity contribution in [3.05, 3.63) is 248 Å². The maximum Gasteiger partial charge on any atom is 0.159 e. The van der Waals surface area contributed by atoms with Gasteiger partial charge in [-0.2, -0.15) is 0 Å². The predicted octanol–water partition coefficient (Wildman–Crippen LogP) is 22.4. The number of rotatable bonds is 11. The Bertz CT molecular complexity index is 4430. The Hall–Kier alpha value is -9.32. The first kappa shape index (κ1) is 48.8. The van der Waals surface area contributed by atoms with Gasteiger partial charge in [-0.05, 0) is 125 Å². The molecule has 0 bridgehead atoms. The molecule has 15 rings (SSSR count). The van der Waals surface area contributed by atoms with Crippen molar-refractivity contribution in [2.45, 2.75) is 76.0 Å². The molecular formula is C76H62N2O3. The normalized spacial score (nSPS) is 14.4. The Balaban J connectivity index is 0.895. The lowest BCUT2D eigenvalue weighted by molar-refractivity contribution is 0.443. The van der Waals surface area contributed by atoms with Gasteiger partial charge < -0.3 is 23.7 Å². The number of para-hydroxylation sites is 3. The molecule has 2 aliphatic carbocycles. The lowest BCUT2D eigenvalue weighted by Crippen LogP contribution is -2.11. The van der Waals surface area contributed by atoms with Crippen LogP contribution in [0, 0.1) is 0 Å². The van der Waals surface area contributed by atoms with Gasteiger partial charge in [0.1, 0.15) is 22.5 Å². The SMILES string of the molecule is Oc1c(-c2ccccc2)cccc1-c1cccc(N(c2ccc(C3CCCCC3)cc2)c2cc3oc4cc(N(c5ccc(C6CCCCC6)cc5)c5cccc6c5oc5c(-c7ccccc7)cccc56)ccc4c3c3ccccc23)c1. The molecular weight excluding hydrogens is 989 g/mol. The molecule has 0 atom stereocenters. The van der Waals surface area contributed by atoms with Gasteiger partial charge in [0.15, 0.2) is 5.58 Å². The summed E-state index contributed by atoms with van der Waals surface area (Å²) in [4.78, 5) is 4.73. The Kier molecular flexibility index (Phi) is 12.5. The highest BCUT2D eigenvalue weighted by molar-refractivity contribution is 6.23. The summed E-state index contributed by atoms with van der Waals surface area (Å²) in [6.07, 6.45) is 12.8. The Labute approximate surface area is 473 Å². The van der Waals surface area contributed by atoms with Crippen LogP contribution in [-0.2, 0) is 0 Å². The molecule has 0 unspecified atom stereocenters. The average Bonchev–Trinajstić information content (AvgIpc) is 4.29. The lowest BCUT2D eigenvalue weighted by atomic mass is 9.84. The zero-order chi connectivity index (χ0) is 53.8. The minimum atomic E-state index is 0.263. The van der Waals surface area contributed by atoms with Crippen molar-refractivity contribution in [2.24, 2.45) is 0 Å². The van der Waals surface area contributed by atoms with Gasteiger partial charge in [-0.25, -0.2) is 0 Å². The van der Waals surface area contributed by atoms with Gasteiger partial charge in [0.25, 0.3) is 0 Å². The summed E-state index contributed by atoms with van der Waals surface area (Å²) in [7, 11) is 0. The third kappa shape index (κ3) is 8.80. The molecule has 2 aliphatic rings. The number of aromatic hydroxyl groups is 1. The molecule has 0 aliphatic heterocycles. The first-order valence-electron chi connectivity index (χ1n) is 29.3. The molecule has 2 heterocycles. The molecule has 13 aromatic rings. The molecule has 0 spiro atoms.